The second kappa shape index (κ2) is 11.0. The summed E-state index contributed by atoms with van der Waals surface area (Å²) in [7, 11) is 0. The predicted molar refractivity (Wildman–Crippen MR) is 142 cm³/mol. The first-order valence-electron chi connectivity index (χ1n) is 11.7. The second-order valence-electron chi connectivity index (χ2n) is 8.58. The van der Waals surface area contributed by atoms with E-state index >= 15 is 0 Å². The summed E-state index contributed by atoms with van der Waals surface area (Å²) < 4.78 is 1.48. The van der Waals surface area contributed by atoms with E-state index < -0.39 is 11.9 Å². The lowest BCUT2D eigenvalue weighted by Gasteiger charge is -2.17. The number of aromatic nitrogens is 5. The summed E-state index contributed by atoms with van der Waals surface area (Å²) in [5.74, 6) is -0.462. The number of halogens is 1. The molecule has 5 aromatic rings. The highest BCUT2D eigenvalue weighted by Crippen LogP contribution is 2.20. The Labute approximate surface area is 218 Å². The smallest absolute Gasteiger partial charge is 0.244 e. The van der Waals surface area contributed by atoms with Crippen LogP contribution >= 0.6 is 11.6 Å². The van der Waals surface area contributed by atoms with Crippen LogP contribution in [0.1, 0.15) is 16.7 Å². The summed E-state index contributed by atoms with van der Waals surface area (Å²) in [5.41, 5.74) is 4.18. The number of benzene rings is 3. The molecule has 37 heavy (non-hydrogen) atoms. The number of fused-ring (bicyclic) bond motifs is 1. The van der Waals surface area contributed by atoms with Crippen molar-refractivity contribution in [3.05, 3.63) is 113 Å². The molecule has 0 spiro atoms. The Kier molecular flexibility index (Phi) is 7.19. The highest BCUT2D eigenvalue weighted by molar-refractivity contribution is 6.30. The number of nitrogens with zero attached hydrogens (tertiary/aromatic N) is 4. The van der Waals surface area contributed by atoms with Crippen LogP contribution in [-0.2, 0) is 22.4 Å². The van der Waals surface area contributed by atoms with Crippen molar-refractivity contribution in [2.24, 2.45) is 0 Å². The zero-order chi connectivity index (χ0) is 25.6. The molecule has 1 amide bonds. The predicted octanol–water partition coefficient (Wildman–Crippen LogP) is 4.35. The Morgan fingerprint density at radius 3 is 2.70 bits per heavy atom. The summed E-state index contributed by atoms with van der Waals surface area (Å²) in [6, 6.07) is 22.0. The Morgan fingerprint density at radius 1 is 1.03 bits per heavy atom. The van der Waals surface area contributed by atoms with Gasteiger partial charge in [-0.15, -0.1) is 5.10 Å². The number of carbonyl (C=O) groups excluding carboxylic acids is 2. The maximum absolute atomic E-state index is 13.4. The van der Waals surface area contributed by atoms with Crippen LogP contribution in [0.25, 0.3) is 22.7 Å². The Bertz CT molecular complexity index is 1560. The minimum Gasteiger partial charge on any atom is -0.361 e. The fraction of sp³-hybridized carbons (Fsp3) is 0.107. The van der Waals surface area contributed by atoms with Gasteiger partial charge in [0.1, 0.15) is 6.33 Å². The van der Waals surface area contributed by atoms with Gasteiger partial charge >= 0.3 is 0 Å². The van der Waals surface area contributed by atoms with E-state index in [0.717, 1.165) is 22.0 Å². The summed E-state index contributed by atoms with van der Waals surface area (Å²) in [4.78, 5) is 29.5. The fourth-order valence-corrected chi connectivity index (χ4v) is 4.34. The van der Waals surface area contributed by atoms with Gasteiger partial charge in [0.2, 0.25) is 5.91 Å². The maximum atomic E-state index is 13.4. The molecule has 0 aliphatic heterocycles. The van der Waals surface area contributed by atoms with Gasteiger partial charge < -0.3 is 10.3 Å². The molecule has 0 aliphatic rings. The topological polar surface area (TPSA) is 106 Å². The number of aromatic amines is 1. The first-order valence-corrected chi connectivity index (χ1v) is 12.1. The molecule has 0 saturated heterocycles. The molecule has 3 aromatic carbocycles. The zero-order valence-electron chi connectivity index (χ0n) is 19.7. The monoisotopic (exact) mass is 510 g/mol. The number of tetrazole rings is 1. The van der Waals surface area contributed by atoms with E-state index in [-0.39, 0.29) is 12.2 Å². The van der Waals surface area contributed by atoms with Crippen molar-refractivity contribution in [1.82, 2.24) is 30.5 Å². The van der Waals surface area contributed by atoms with Crippen LogP contribution in [0.2, 0.25) is 5.02 Å². The van der Waals surface area contributed by atoms with Gasteiger partial charge in [0.25, 0.3) is 0 Å². The minimum absolute atomic E-state index is 0.0716. The van der Waals surface area contributed by atoms with Crippen molar-refractivity contribution in [3.63, 3.8) is 0 Å². The van der Waals surface area contributed by atoms with E-state index in [4.69, 9.17) is 11.6 Å². The molecular weight excluding hydrogens is 488 g/mol. The molecule has 0 saturated carbocycles. The first kappa shape index (κ1) is 24.1. The third-order valence-corrected chi connectivity index (χ3v) is 6.22. The molecular formula is C28H23ClN6O2. The van der Waals surface area contributed by atoms with Crippen LogP contribution < -0.4 is 5.32 Å². The van der Waals surface area contributed by atoms with Gasteiger partial charge in [-0.05, 0) is 75.8 Å². The number of H-pyrrole nitrogens is 1. The number of carbonyl (C=O) groups is 2. The molecule has 8 nitrogen and oxygen atoms in total. The number of hydrogen-bond acceptors (Lipinski definition) is 5. The van der Waals surface area contributed by atoms with Crippen LogP contribution in [0, 0.1) is 0 Å². The first-order chi connectivity index (χ1) is 18.0. The molecule has 0 fully saturated rings. The van der Waals surface area contributed by atoms with Crippen molar-refractivity contribution in [1.29, 1.82) is 0 Å². The molecule has 0 unspecified atom stereocenters. The quantitative estimate of drug-likeness (QED) is 0.287. The highest BCUT2D eigenvalue weighted by atomic mass is 35.5. The van der Waals surface area contributed by atoms with E-state index in [9.17, 15) is 9.59 Å². The minimum atomic E-state index is -0.695. The van der Waals surface area contributed by atoms with Crippen LogP contribution in [-0.4, -0.2) is 42.9 Å². The van der Waals surface area contributed by atoms with Crippen LogP contribution in [0.15, 0.2) is 91.4 Å². The van der Waals surface area contributed by atoms with E-state index in [1.807, 2.05) is 60.8 Å². The molecule has 0 radical (unpaired) electrons. The SMILES string of the molecule is O=C(/C=C/c1cc(Cl)ccc1-n1cnnn1)N[C@@H](Cc1ccccc1)C(=O)Cc1ccc2[nH]ccc2c1. The van der Waals surface area contributed by atoms with Crippen molar-refractivity contribution >= 4 is 40.3 Å². The Morgan fingerprint density at radius 2 is 1.89 bits per heavy atom. The molecule has 0 aliphatic carbocycles. The summed E-state index contributed by atoms with van der Waals surface area (Å²) in [6.07, 6.45) is 6.93. The van der Waals surface area contributed by atoms with Gasteiger partial charge in [-0.3, -0.25) is 9.59 Å². The lowest BCUT2D eigenvalue weighted by molar-refractivity contribution is -0.125. The summed E-state index contributed by atoms with van der Waals surface area (Å²) >= 11 is 6.17. The van der Waals surface area contributed by atoms with Crippen LogP contribution in [0.3, 0.4) is 0 Å². The molecule has 2 heterocycles. The number of amides is 1. The third-order valence-electron chi connectivity index (χ3n) is 5.98. The Balaban J connectivity index is 1.35. The van der Waals surface area contributed by atoms with Gasteiger partial charge in [-0.25, -0.2) is 0 Å². The molecule has 0 bridgehead atoms. The van der Waals surface area contributed by atoms with Crippen molar-refractivity contribution in [2.75, 3.05) is 0 Å². The molecule has 2 aromatic heterocycles. The van der Waals surface area contributed by atoms with E-state index in [2.05, 4.69) is 25.8 Å². The standard InChI is InChI=1S/C28H23ClN6O2/c29-23-8-10-26(35-18-31-33-34-35)22(17-23)7-11-28(37)32-25(15-19-4-2-1-3-5-19)27(36)16-20-6-9-24-21(14-20)12-13-30-24/h1-14,17-18,25,30H,15-16H2,(H,32,37)/b11-7+/t25-/m0/s1. The number of Topliss-reactive ketones (excluding diaryl/α,β-unsaturated/α-hetero) is 1. The number of rotatable bonds is 9. The number of hydrogen-bond donors (Lipinski definition) is 2. The van der Waals surface area contributed by atoms with E-state index in [0.29, 0.717) is 22.7 Å². The molecule has 2 N–H and O–H groups in total. The summed E-state index contributed by atoms with van der Waals surface area (Å²) in [6.45, 7) is 0. The lowest BCUT2D eigenvalue weighted by Crippen LogP contribution is -2.42. The van der Waals surface area contributed by atoms with E-state index in [1.54, 1.807) is 24.3 Å². The van der Waals surface area contributed by atoms with Crippen molar-refractivity contribution in [3.8, 4) is 5.69 Å². The highest BCUT2D eigenvalue weighted by Gasteiger charge is 2.21. The average molecular weight is 511 g/mol. The second-order valence-corrected chi connectivity index (χ2v) is 9.02. The maximum Gasteiger partial charge on any atom is 0.244 e. The van der Waals surface area contributed by atoms with Crippen LogP contribution in [0.5, 0.6) is 0 Å². The normalized spacial score (nSPS) is 12.1. The summed E-state index contributed by atoms with van der Waals surface area (Å²) in [5, 5.41) is 15.7. The molecule has 5 rings (SSSR count). The number of ketones is 1. The van der Waals surface area contributed by atoms with E-state index in [1.165, 1.54) is 17.1 Å². The Hall–Kier alpha value is -4.56. The zero-order valence-corrected chi connectivity index (χ0v) is 20.5. The largest absolute Gasteiger partial charge is 0.361 e. The van der Waals surface area contributed by atoms with Gasteiger partial charge in [-0.1, -0.05) is 48.0 Å². The molecule has 9 heteroatoms. The fourth-order valence-electron chi connectivity index (χ4n) is 4.16. The van der Waals surface area contributed by atoms with Gasteiger partial charge in [0, 0.05) is 34.8 Å². The van der Waals surface area contributed by atoms with Gasteiger partial charge in [0.05, 0.1) is 11.7 Å². The molecule has 1 atom stereocenters. The van der Waals surface area contributed by atoms with Crippen molar-refractivity contribution in [2.45, 2.75) is 18.9 Å². The average Bonchev–Trinajstić information content (AvgIpc) is 3.60. The van der Waals surface area contributed by atoms with Gasteiger partial charge in [0.15, 0.2) is 5.78 Å². The lowest BCUT2D eigenvalue weighted by atomic mass is 9.97. The third kappa shape index (κ3) is 5.99. The van der Waals surface area contributed by atoms with Crippen molar-refractivity contribution < 1.29 is 9.59 Å². The molecule has 184 valence electrons. The van der Waals surface area contributed by atoms with Crippen LogP contribution in [0.4, 0.5) is 0 Å². The van der Waals surface area contributed by atoms with Gasteiger partial charge in [-0.2, -0.15) is 4.68 Å². The number of nitrogens with one attached hydrogen (secondary N) is 2.